The number of amides is 4. The Balaban J connectivity index is 1.23. The molecule has 6 aliphatic heterocycles. The standard InChI is InChI=1S/C62H60N12O4/c75-55-25-29-63-31-35-74-36-32-64-30-26-56(76)70-44-14-6-2-10-40(44)60-48-18-17-47(65-48)59(39-9-1-5-13-43(39)69-55)49-19-21-51(66-49)61-41-11-3-7-15-45(41)71-57(77)27-33-73(37-38-74)34-28-58(78)72-46-16-8-4-12-42(46)62(52-22-20-50(60)67-52)54-24-23-53(61)68-54/h1-24,63-64,66,68H,25-38H2,(H,69,75)(H,70,76)(H,71,77)(H,72,78). The molecule has 9 heterocycles. The predicted molar refractivity (Wildman–Crippen MR) is 312 cm³/mol. The number of aromatic amines is 2. The molecular formula is C62H60N12O4. The second-order valence-electron chi connectivity index (χ2n) is 20.1. The summed E-state index contributed by atoms with van der Waals surface area (Å²) >= 11 is 0. The summed E-state index contributed by atoms with van der Waals surface area (Å²) in [5.41, 5.74) is 13.8. The number of nitrogens with one attached hydrogen (secondary N) is 8. The van der Waals surface area contributed by atoms with E-state index >= 15 is 0 Å². The number of hydrogen-bond acceptors (Lipinski definition) is 10. The molecule has 3 aromatic heterocycles. The summed E-state index contributed by atoms with van der Waals surface area (Å²) in [5.74, 6) is -0.587. The van der Waals surface area contributed by atoms with Gasteiger partial charge in [0.1, 0.15) is 0 Å². The van der Waals surface area contributed by atoms with Gasteiger partial charge < -0.3 is 46.8 Å². The summed E-state index contributed by atoms with van der Waals surface area (Å²) in [7, 11) is 0. The van der Waals surface area contributed by atoms with Crippen molar-refractivity contribution in [1.82, 2.24) is 40.4 Å². The topological polar surface area (TPSA) is 204 Å². The molecule has 13 rings (SSSR count). The van der Waals surface area contributed by atoms with Crippen LogP contribution in [0.3, 0.4) is 0 Å². The SMILES string of the molecule is O=C1CCNCCN2CCNCCC(=O)Nc3ccccc3-c3c4nc(c(c5nc(c6c7ccc([nH]7)c(c7ccc3[nH]7)-c3ccccc3NC(=O)CCN(CCC(=O)Nc3ccccc3-6)CC2)C=C5)-c2ccccc2N1)C=C4. The van der Waals surface area contributed by atoms with Crippen molar-refractivity contribution in [2.45, 2.75) is 25.7 Å². The average Bonchev–Trinajstić information content (AvgIpc) is 4.37. The molecule has 2 unspecified atom stereocenters. The summed E-state index contributed by atoms with van der Waals surface area (Å²) in [6.07, 6.45) is 8.77. The number of aromatic nitrogens is 4. The maximum Gasteiger partial charge on any atom is 0.225 e. The van der Waals surface area contributed by atoms with Gasteiger partial charge in [-0.3, -0.25) is 24.1 Å². The molecular weight excluding hydrogens is 977 g/mol. The lowest BCUT2D eigenvalue weighted by molar-refractivity contribution is -0.117. The molecule has 6 aliphatic rings. The molecule has 2 atom stereocenters. The van der Waals surface area contributed by atoms with Crippen molar-refractivity contribution < 1.29 is 19.2 Å². The molecule has 4 amide bonds. The molecule has 8 N–H and O–H groups in total. The van der Waals surface area contributed by atoms with Crippen LogP contribution in [0.5, 0.6) is 0 Å². The van der Waals surface area contributed by atoms with Crippen LogP contribution in [0.4, 0.5) is 22.7 Å². The van der Waals surface area contributed by atoms with Crippen LogP contribution in [0.1, 0.15) is 48.5 Å². The fourth-order valence-electron chi connectivity index (χ4n) is 11.0. The number of hydrogen-bond donors (Lipinski definition) is 8. The third kappa shape index (κ3) is 10.7. The Hall–Kier alpha value is -8.80. The number of nitrogens with zero attached hydrogens (tertiary/aromatic N) is 4. The third-order valence-corrected chi connectivity index (χ3v) is 14.9. The average molecular weight is 1040 g/mol. The van der Waals surface area contributed by atoms with Crippen LogP contribution >= 0.6 is 0 Å². The molecule has 0 saturated heterocycles. The van der Waals surface area contributed by atoms with Gasteiger partial charge in [0.25, 0.3) is 0 Å². The van der Waals surface area contributed by atoms with Crippen molar-refractivity contribution in [2.24, 2.45) is 0 Å². The number of anilines is 4. The molecule has 392 valence electrons. The highest BCUT2D eigenvalue weighted by molar-refractivity contribution is 6.08. The molecule has 0 radical (unpaired) electrons. The molecule has 0 aliphatic carbocycles. The minimum absolute atomic E-state index is 0.132. The number of carbonyl (C=O) groups excluding carboxylic acids is 4. The highest BCUT2D eigenvalue weighted by Crippen LogP contribution is 2.43. The van der Waals surface area contributed by atoms with E-state index in [-0.39, 0.29) is 49.3 Å². The van der Waals surface area contributed by atoms with E-state index in [1.807, 2.05) is 146 Å². The van der Waals surface area contributed by atoms with Crippen LogP contribution in [0, 0.1) is 0 Å². The van der Waals surface area contributed by atoms with Crippen molar-refractivity contribution in [3.63, 3.8) is 0 Å². The molecule has 7 aromatic rings. The maximum absolute atomic E-state index is 14.4. The molecule has 78 heavy (non-hydrogen) atoms. The van der Waals surface area contributed by atoms with Crippen LogP contribution < -0.4 is 31.9 Å². The quantitative estimate of drug-likeness (QED) is 0.0723. The van der Waals surface area contributed by atoms with Crippen LogP contribution in [0.25, 0.3) is 90.9 Å². The molecule has 0 saturated carbocycles. The van der Waals surface area contributed by atoms with E-state index in [9.17, 15) is 19.2 Å². The third-order valence-electron chi connectivity index (χ3n) is 14.9. The summed E-state index contributed by atoms with van der Waals surface area (Å²) in [5, 5.41) is 20.1. The van der Waals surface area contributed by atoms with Crippen LogP contribution in [0.15, 0.2) is 121 Å². The lowest BCUT2D eigenvalue weighted by atomic mass is 10.00. The van der Waals surface area contributed by atoms with Crippen molar-refractivity contribution >= 4 is 92.7 Å². The van der Waals surface area contributed by atoms with Gasteiger partial charge in [-0.2, -0.15) is 0 Å². The van der Waals surface area contributed by atoms with E-state index in [4.69, 9.17) is 9.97 Å². The predicted octanol–water partition coefficient (Wildman–Crippen LogP) is 9.46. The van der Waals surface area contributed by atoms with Gasteiger partial charge in [0.2, 0.25) is 23.6 Å². The summed E-state index contributed by atoms with van der Waals surface area (Å²) < 4.78 is 0. The van der Waals surface area contributed by atoms with Crippen LogP contribution in [-0.4, -0.2) is 119 Å². The number of benzene rings is 4. The molecule has 4 aromatic carbocycles. The van der Waals surface area contributed by atoms with Gasteiger partial charge in [0.15, 0.2) is 0 Å². The number of carbonyl (C=O) groups is 4. The van der Waals surface area contributed by atoms with Crippen LogP contribution in [-0.2, 0) is 19.2 Å². The Morgan fingerprint density at radius 3 is 1.05 bits per heavy atom. The van der Waals surface area contributed by atoms with E-state index in [1.54, 1.807) is 0 Å². The van der Waals surface area contributed by atoms with Crippen molar-refractivity contribution in [1.29, 1.82) is 0 Å². The van der Waals surface area contributed by atoms with Crippen LogP contribution in [0.2, 0.25) is 0 Å². The molecule has 0 fully saturated rings. The summed E-state index contributed by atoms with van der Waals surface area (Å²) in [4.78, 5) is 80.0. The first-order valence-corrected chi connectivity index (χ1v) is 26.9. The fraction of sp³-hybridized carbons (Fsp3) is 0.226. The Labute approximate surface area is 451 Å². The number of fused-ring (bicyclic) bond motifs is 19. The summed E-state index contributed by atoms with van der Waals surface area (Å²) in [6, 6.07) is 39.4. The van der Waals surface area contributed by atoms with E-state index < -0.39 is 0 Å². The Morgan fingerprint density at radius 1 is 0.321 bits per heavy atom. The maximum atomic E-state index is 14.4. The lowest BCUT2D eigenvalue weighted by Crippen LogP contribution is -2.43. The zero-order valence-electron chi connectivity index (χ0n) is 43.2. The van der Waals surface area contributed by atoms with E-state index in [1.165, 1.54) is 0 Å². The Bertz CT molecular complexity index is 3740. The van der Waals surface area contributed by atoms with Gasteiger partial charge in [-0.1, -0.05) is 72.8 Å². The number of para-hydroxylation sites is 4. The first kappa shape index (κ1) is 50.0. The molecule has 16 heteroatoms. The number of H-pyrrole nitrogens is 2. The normalized spacial score (nSPS) is 18.4. The second kappa shape index (κ2) is 22.4. The smallest absolute Gasteiger partial charge is 0.225 e. The molecule has 0 spiro atoms. The highest BCUT2D eigenvalue weighted by Gasteiger charge is 2.25. The monoisotopic (exact) mass is 1040 g/mol. The van der Waals surface area contributed by atoms with Crippen molar-refractivity contribution in [3.05, 3.63) is 144 Å². The minimum Gasteiger partial charge on any atom is -0.354 e. The van der Waals surface area contributed by atoms with E-state index in [0.717, 1.165) is 61.0 Å². The Kier molecular flexibility index (Phi) is 14.4. The van der Waals surface area contributed by atoms with E-state index in [2.05, 4.69) is 51.7 Å². The van der Waals surface area contributed by atoms with Crippen molar-refractivity contribution in [2.75, 3.05) is 86.7 Å². The lowest BCUT2D eigenvalue weighted by Gasteiger charge is -2.28. The zero-order valence-corrected chi connectivity index (χ0v) is 43.2. The molecule has 14 bridgehead atoms. The van der Waals surface area contributed by atoms with Gasteiger partial charge in [-0.05, 0) is 72.8 Å². The fourth-order valence-corrected chi connectivity index (χ4v) is 11.0. The van der Waals surface area contributed by atoms with Gasteiger partial charge >= 0.3 is 0 Å². The first-order chi connectivity index (χ1) is 38.3. The Morgan fingerprint density at radius 2 is 0.641 bits per heavy atom. The van der Waals surface area contributed by atoms with Gasteiger partial charge in [-0.25, -0.2) is 9.97 Å². The largest absolute Gasteiger partial charge is 0.354 e. The zero-order chi connectivity index (χ0) is 53.0. The van der Waals surface area contributed by atoms with Gasteiger partial charge in [-0.15, -0.1) is 0 Å². The van der Waals surface area contributed by atoms with E-state index in [0.29, 0.717) is 117 Å². The second-order valence-corrected chi connectivity index (χ2v) is 20.1. The number of rotatable bonds is 0. The molecule has 16 nitrogen and oxygen atoms in total. The highest BCUT2D eigenvalue weighted by atomic mass is 16.2. The van der Waals surface area contributed by atoms with Crippen molar-refractivity contribution in [3.8, 4) is 44.5 Å². The minimum atomic E-state index is -0.162. The van der Waals surface area contributed by atoms with Gasteiger partial charge in [0.05, 0.1) is 22.8 Å². The van der Waals surface area contributed by atoms with Gasteiger partial charge in [0, 0.05) is 180 Å². The first-order valence-electron chi connectivity index (χ1n) is 26.9. The summed E-state index contributed by atoms with van der Waals surface area (Å²) in [6.45, 7) is 5.53.